The lowest BCUT2D eigenvalue weighted by Gasteiger charge is -2.27. The van der Waals surface area contributed by atoms with Crippen molar-refractivity contribution in [3.63, 3.8) is 0 Å². The number of hydrogen-bond acceptors (Lipinski definition) is 8. The van der Waals surface area contributed by atoms with Gasteiger partial charge < -0.3 is 25.6 Å². The molecule has 0 bridgehead atoms. The second-order valence-corrected chi connectivity index (χ2v) is 8.75. The third-order valence-electron chi connectivity index (χ3n) is 6.29. The minimum atomic E-state index is -0.259. The van der Waals surface area contributed by atoms with Gasteiger partial charge in [0.15, 0.2) is 11.6 Å². The Kier molecular flexibility index (Phi) is 4.54. The van der Waals surface area contributed by atoms with Crippen molar-refractivity contribution in [3.05, 3.63) is 42.5 Å². The van der Waals surface area contributed by atoms with Gasteiger partial charge in [-0.1, -0.05) is 12.1 Å². The molecule has 4 heterocycles. The molecule has 2 aliphatic rings. The molecule has 10 heteroatoms. The van der Waals surface area contributed by atoms with Gasteiger partial charge in [0, 0.05) is 32.3 Å². The van der Waals surface area contributed by atoms with Gasteiger partial charge in [-0.05, 0) is 37.1 Å². The van der Waals surface area contributed by atoms with E-state index < -0.39 is 0 Å². The van der Waals surface area contributed by atoms with E-state index in [9.17, 15) is 4.79 Å². The molecule has 0 saturated carbocycles. The lowest BCUT2D eigenvalue weighted by molar-refractivity contribution is -0.129. The number of nitrogens with two attached hydrogens (primary N) is 1. The summed E-state index contributed by atoms with van der Waals surface area (Å²) >= 11 is 0. The van der Waals surface area contributed by atoms with Crippen molar-refractivity contribution >= 4 is 40.1 Å². The van der Waals surface area contributed by atoms with Gasteiger partial charge in [0.2, 0.25) is 11.9 Å². The Morgan fingerprint density at radius 2 is 2.03 bits per heavy atom. The molecule has 2 aromatic heterocycles. The number of ether oxygens (including phenoxy) is 1. The van der Waals surface area contributed by atoms with Crippen LogP contribution in [-0.4, -0.2) is 57.7 Å². The van der Waals surface area contributed by atoms with Crippen molar-refractivity contribution in [3.8, 4) is 22.8 Å². The molecule has 10 nitrogen and oxygen atoms in total. The zero-order valence-corrected chi connectivity index (χ0v) is 18.9. The Balaban J connectivity index is 1.44. The zero-order chi connectivity index (χ0) is 23.4. The number of amides is 1. The summed E-state index contributed by atoms with van der Waals surface area (Å²) in [4.78, 5) is 25.3. The van der Waals surface area contributed by atoms with Gasteiger partial charge in [-0.15, -0.1) is 0 Å². The maximum Gasteiger partial charge on any atom is 0.244 e. The number of nitrogens with one attached hydrogen (secondary N) is 2. The molecule has 1 atom stereocenters. The number of aromatic amines is 1. The van der Waals surface area contributed by atoms with Crippen LogP contribution in [0.3, 0.4) is 0 Å². The molecule has 0 aliphatic carbocycles. The highest BCUT2D eigenvalue weighted by atomic mass is 16.5. The highest BCUT2D eigenvalue weighted by Gasteiger charge is 2.33. The van der Waals surface area contributed by atoms with E-state index >= 15 is 0 Å². The number of para-hydroxylation sites is 2. The topological polar surface area (TPSA) is 125 Å². The zero-order valence-electron chi connectivity index (χ0n) is 18.9. The van der Waals surface area contributed by atoms with Crippen LogP contribution in [0.5, 0.6) is 11.5 Å². The number of anilines is 4. The van der Waals surface area contributed by atoms with Crippen molar-refractivity contribution in [1.82, 2.24) is 25.1 Å². The van der Waals surface area contributed by atoms with E-state index in [1.165, 1.54) is 0 Å². The Labute approximate surface area is 195 Å². The second-order valence-electron chi connectivity index (χ2n) is 8.75. The quantitative estimate of drug-likeness (QED) is 0.377. The fourth-order valence-electron chi connectivity index (χ4n) is 4.69. The van der Waals surface area contributed by atoms with Gasteiger partial charge in [-0.2, -0.15) is 10.1 Å². The van der Waals surface area contributed by atoms with E-state index in [0.717, 1.165) is 41.5 Å². The molecule has 172 valence electrons. The minimum absolute atomic E-state index is 0.0582. The van der Waals surface area contributed by atoms with E-state index in [2.05, 4.69) is 25.5 Å². The smallest absolute Gasteiger partial charge is 0.244 e. The van der Waals surface area contributed by atoms with Crippen molar-refractivity contribution in [2.75, 3.05) is 36.6 Å². The minimum Gasteiger partial charge on any atom is -0.454 e. The molecule has 0 radical (unpaired) electrons. The lowest BCUT2D eigenvalue weighted by atomic mass is 10.1. The van der Waals surface area contributed by atoms with E-state index in [4.69, 9.17) is 10.5 Å². The maximum absolute atomic E-state index is 12.7. The molecule has 34 heavy (non-hydrogen) atoms. The first-order valence-electron chi connectivity index (χ1n) is 11.2. The summed E-state index contributed by atoms with van der Waals surface area (Å²) in [6.45, 7) is 0.736. The van der Waals surface area contributed by atoms with Crippen LogP contribution in [-0.2, 0) is 4.79 Å². The fraction of sp³-hybridized carbons (Fsp3) is 0.250. The van der Waals surface area contributed by atoms with Gasteiger partial charge in [0.1, 0.15) is 17.6 Å². The number of carbonyl (C=O) groups is 1. The largest absolute Gasteiger partial charge is 0.454 e. The van der Waals surface area contributed by atoms with Gasteiger partial charge in [0.25, 0.3) is 0 Å². The number of nitrogen functional groups attached to an aromatic ring is 1. The molecule has 2 aromatic carbocycles. The number of nitrogens with zero attached hydrogens (tertiary/aromatic N) is 5. The third-order valence-corrected chi connectivity index (χ3v) is 6.29. The molecule has 0 spiro atoms. The summed E-state index contributed by atoms with van der Waals surface area (Å²) in [5.74, 6) is 2.93. The first kappa shape index (κ1) is 20.3. The first-order valence-corrected chi connectivity index (χ1v) is 11.2. The molecule has 0 unspecified atom stereocenters. The second kappa shape index (κ2) is 7.62. The number of likely N-dealkylation sites (N-methyl/N-ethyl adjacent to an activating group) is 1. The van der Waals surface area contributed by atoms with E-state index in [1.807, 2.05) is 47.4 Å². The van der Waals surface area contributed by atoms with Gasteiger partial charge in [-0.3, -0.25) is 9.89 Å². The number of H-pyrrole nitrogens is 1. The van der Waals surface area contributed by atoms with Crippen LogP contribution in [0, 0.1) is 0 Å². The standard InChI is InChI=1S/C24H24N8O2/c1-31(2)23(33)17-7-5-9-32(17)20-12-15(27-24(25)28-20)13-10-16-21-19(11-13)34-18-8-4-3-6-14(18)26-22(21)30-29-16/h3-4,6,8,10-12,17H,5,7,9H2,1-2H3,(H2,25,27,28)(H2,26,29,30)/t17-/m0/s1. The number of hydrogen-bond donors (Lipinski definition) is 3. The molecule has 1 fully saturated rings. The van der Waals surface area contributed by atoms with Crippen LogP contribution in [0.1, 0.15) is 12.8 Å². The van der Waals surface area contributed by atoms with Crippen molar-refractivity contribution in [1.29, 1.82) is 0 Å². The summed E-state index contributed by atoms with van der Waals surface area (Å²) in [5.41, 5.74) is 9.23. The van der Waals surface area contributed by atoms with Crippen molar-refractivity contribution in [2.45, 2.75) is 18.9 Å². The number of benzene rings is 2. The van der Waals surface area contributed by atoms with Crippen LogP contribution in [0.15, 0.2) is 42.5 Å². The van der Waals surface area contributed by atoms with Crippen LogP contribution < -0.4 is 20.7 Å². The molecule has 1 amide bonds. The molecular weight excluding hydrogens is 432 g/mol. The van der Waals surface area contributed by atoms with Crippen LogP contribution in [0.4, 0.5) is 23.3 Å². The monoisotopic (exact) mass is 456 g/mol. The Morgan fingerprint density at radius 3 is 2.88 bits per heavy atom. The SMILES string of the molecule is CN(C)C(=O)[C@@H]1CCCN1c1cc(-c2cc3c4c(n[nH]c4c2)Nc2ccccc2O3)nc(N)n1. The molecule has 1 saturated heterocycles. The average Bonchev–Trinajstić information content (AvgIpc) is 3.43. The van der Waals surface area contributed by atoms with Crippen LogP contribution >= 0.6 is 0 Å². The van der Waals surface area contributed by atoms with Crippen LogP contribution in [0.25, 0.3) is 22.2 Å². The van der Waals surface area contributed by atoms with E-state index in [1.54, 1.807) is 19.0 Å². The fourth-order valence-corrected chi connectivity index (χ4v) is 4.69. The van der Waals surface area contributed by atoms with Gasteiger partial charge >= 0.3 is 0 Å². The van der Waals surface area contributed by atoms with Crippen molar-refractivity contribution in [2.24, 2.45) is 0 Å². The van der Waals surface area contributed by atoms with Crippen LogP contribution in [0.2, 0.25) is 0 Å². The van der Waals surface area contributed by atoms with E-state index in [-0.39, 0.29) is 17.9 Å². The summed E-state index contributed by atoms with van der Waals surface area (Å²) in [5, 5.41) is 11.7. The summed E-state index contributed by atoms with van der Waals surface area (Å²) in [6, 6.07) is 13.2. The summed E-state index contributed by atoms with van der Waals surface area (Å²) < 4.78 is 6.27. The summed E-state index contributed by atoms with van der Waals surface area (Å²) in [7, 11) is 3.54. The first-order chi connectivity index (χ1) is 16.5. The molecule has 2 aliphatic heterocycles. The maximum atomic E-state index is 12.7. The number of carbonyl (C=O) groups excluding carboxylic acids is 1. The highest BCUT2D eigenvalue weighted by molar-refractivity contribution is 6.00. The molecule has 6 rings (SSSR count). The Morgan fingerprint density at radius 1 is 1.18 bits per heavy atom. The van der Waals surface area contributed by atoms with Gasteiger partial charge in [-0.25, -0.2) is 4.98 Å². The highest BCUT2D eigenvalue weighted by Crippen LogP contribution is 2.44. The lowest BCUT2D eigenvalue weighted by Crippen LogP contribution is -2.43. The molecular formula is C24H24N8O2. The average molecular weight is 457 g/mol. The number of rotatable bonds is 3. The predicted molar refractivity (Wildman–Crippen MR) is 130 cm³/mol. The summed E-state index contributed by atoms with van der Waals surface area (Å²) in [6.07, 6.45) is 1.69. The van der Waals surface area contributed by atoms with E-state index in [0.29, 0.717) is 28.8 Å². The third kappa shape index (κ3) is 3.26. The van der Waals surface area contributed by atoms with Crippen molar-refractivity contribution < 1.29 is 9.53 Å². The number of fused-ring (bicyclic) bond motifs is 1. The Bertz CT molecular complexity index is 1430. The predicted octanol–water partition coefficient (Wildman–Crippen LogP) is 3.51. The molecule has 4 aromatic rings. The number of aromatic nitrogens is 4. The molecule has 4 N–H and O–H groups in total. The normalized spacial score (nSPS) is 16.5. The van der Waals surface area contributed by atoms with Gasteiger partial charge in [0.05, 0.1) is 22.3 Å². The Hall–Kier alpha value is -4.34.